The van der Waals surface area contributed by atoms with Crippen LogP contribution in [0.2, 0.25) is 0 Å². The van der Waals surface area contributed by atoms with E-state index in [1.165, 1.54) is 21.3 Å². The molecule has 0 saturated heterocycles. The van der Waals surface area contributed by atoms with E-state index in [9.17, 15) is 9.59 Å². The van der Waals surface area contributed by atoms with E-state index in [1.54, 1.807) is 61.7 Å². The number of carbonyl (C=O) groups excluding carboxylic acids is 1. The van der Waals surface area contributed by atoms with Gasteiger partial charge in [-0.2, -0.15) is 0 Å². The molecule has 37 heavy (non-hydrogen) atoms. The molecule has 1 N–H and O–H groups in total. The number of hydrogen-bond donors (Lipinski definition) is 1. The van der Waals surface area contributed by atoms with Crippen LogP contribution < -0.4 is 34.6 Å². The number of methoxy groups -OCH3 is 4. The van der Waals surface area contributed by atoms with Crippen LogP contribution in [0, 0.1) is 0 Å². The maximum atomic E-state index is 13.6. The van der Waals surface area contributed by atoms with Gasteiger partial charge in [-0.3, -0.25) is 4.79 Å². The Morgan fingerprint density at radius 3 is 2.24 bits per heavy atom. The van der Waals surface area contributed by atoms with E-state index in [0.717, 1.165) is 0 Å². The van der Waals surface area contributed by atoms with Crippen LogP contribution in [0.1, 0.15) is 17.0 Å². The third kappa shape index (κ3) is 4.08. The summed E-state index contributed by atoms with van der Waals surface area (Å²) >= 11 is 0. The zero-order valence-electron chi connectivity index (χ0n) is 20.7. The van der Waals surface area contributed by atoms with Crippen LogP contribution >= 0.6 is 0 Å². The van der Waals surface area contributed by atoms with Crippen LogP contribution in [0.3, 0.4) is 0 Å². The lowest BCUT2D eigenvalue weighted by atomic mass is 9.87. The van der Waals surface area contributed by atoms with E-state index in [-0.39, 0.29) is 5.56 Å². The molecule has 190 valence electrons. The van der Waals surface area contributed by atoms with E-state index < -0.39 is 23.6 Å². The minimum absolute atomic E-state index is 0.221. The first-order valence-corrected chi connectivity index (χ1v) is 11.5. The van der Waals surface area contributed by atoms with E-state index in [0.29, 0.717) is 51.0 Å². The fraction of sp³-hybridized carbons (Fsp3) is 0.214. The highest BCUT2D eigenvalue weighted by molar-refractivity contribution is 5.98. The average molecular weight is 504 g/mol. The zero-order chi connectivity index (χ0) is 26.1. The molecule has 0 bridgehead atoms. The molecule has 0 spiro atoms. The van der Waals surface area contributed by atoms with Crippen molar-refractivity contribution < 1.29 is 32.9 Å². The molecule has 9 nitrogen and oxygen atoms in total. The number of anilines is 1. The molecule has 1 amide bonds. The Hall–Kier alpha value is -4.66. The van der Waals surface area contributed by atoms with Crippen LogP contribution in [0.4, 0.5) is 5.69 Å². The van der Waals surface area contributed by atoms with Gasteiger partial charge in [0.2, 0.25) is 5.75 Å². The van der Waals surface area contributed by atoms with Crippen molar-refractivity contribution in [2.45, 2.75) is 12.0 Å². The first-order valence-electron chi connectivity index (χ1n) is 11.5. The van der Waals surface area contributed by atoms with Crippen molar-refractivity contribution in [2.75, 3.05) is 33.8 Å². The Morgan fingerprint density at radius 2 is 1.57 bits per heavy atom. The summed E-state index contributed by atoms with van der Waals surface area (Å²) < 4.78 is 33.7. The first kappa shape index (κ1) is 24.1. The highest BCUT2D eigenvalue weighted by Crippen LogP contribution is 2.50. The summed E-state index contributed by atoms with van der Waals surface area (Å²) in [5, 5.41) is 3.46. The fourth-order valence-electron chi connectivity index (χ4n) is 4.66. The smallest absolute Gasteiger partial charge is 0.344 e. The molecule has 2 unspecified atom stereocenters. The topological polar surface area (TPSA) is 105 Å². The Kier molecular flexibility index (Phi) is 6.35. The van der Waals surface area contributed by atoms with Gasteiger partial charge in [-0.15, -0.1) is 0 Å². The van der Waals surface area contributed by atoms with Gasteiger partial charge < -0.3 is 33.4 Å². The van der Waals surface area contributed by atoms with Crippen LogP contribution in [0.15, 0.2) is 69.9 Å². The third-order valence-electron chi connectivity index (χ3n) is 6.34. The highest BCUT2D eigenvalue weighted by Gasteiger charge is 2.46. The second-order valence-corrected chi connectivity index (χ2v) is 8.29. The molecule has 1 aromatic heterocycles. The Morgan fingerprint density at radius 1 is 0.838 bits per heavy atom. The number of carbonyl (C=O) groups is 1. The summed E-state index contributed by atoms with van der Waals surface area (Å²) in [5.74, 6) is 0.721. The predicted octanol–water partition coefficient (Wildman–Crippen LogP) is 4.36. The maximum absolute atomic E-state index is 13.6. The van der Waals surface area contributed by atoms with Gasteiger partial charge in [0.05, 0.1) is 45.3 Å². The lowest BCUT2D eigenvalue weighted by Gasteiger charge is -2.22. The molecular formula is C28H25NO8. The van der Waals surface area contributed by atoms with Gasteiger partial charge in [0.25, 0.3) is 5.91 Å². The predicted molar refractivity (Wildman–Crippen MR) is 136 cm³/mol. The van der Waals surface area contributed by atoms with E-state index in [2.05, 4.69) is 5.32 Å². The van der Waals surface area contributed by atoms with Gasteiger partial charge in [0.1, 0.15) is 17.1 Å². The van der Waals surface area contributed by atoms with Gasteiger partial charge in [-0.05, 0) is 42.5 Å². The molecular weight excluding hydrogens is 478 g/mol. The van der Waals surface area contributed by atoms with E-state index in [4.69, 9.17) is 28.1 Å². The Balaban J connectivity index is 1.68. The average Bonchev–Trinajstić information content (AvgIpc) is 3.34. The number of para-hydroxylation sites is 1. The third-order valence-corrected chi connectivity index (χ3v) is 6.34. The van der Waals surface area contributed by atoms with Crippen molar-refractivity contribution in [2.24, 2.45) is 0 Å². The number of benzene rings is 3. The minimum atomic E-state index is -1.11. The molecule has 5 rings (SSSR count). The molecule has 1 aliphatic heterocycles. The van der Waals surface area contributed by atoms with Crippen molar-refractivity contribution in [1.82, 2.24) is 0 Å². The SMILES string of the molecule is COc1ccc(NC(=O)C2Oc3c(c(=O)oc4ccccc34)C2c2ccc(OC)c(OC)c2OC)cc1. The summed E-state index contributed by atoms with van der Waals surface area (Å²) in [5.41, 5.74) is 1.03. The van der Waals surface area contributed by atoms with Crippen molar-refractivity contribution in [3.8, 4) is 28.7 Å². The van der Waals surface area contributed by atoms with Gasteiger partial charge in [-0.1, -0.05) is 18.2 Å². The molecule has 9 heteroatoms. The monoisotopic (exact) mass is 503 g/mol. The molecule has 0 saturated carbocycles. The standard InChI is InChI=1S/C28H25NO8/c1-32-16-11-9-15(10-12-16)29-27(30)26-21(18-13-14-20(33-2)25(35-4)24(18)34-3)22-23(37-26)17-7-5-6-8-19(17)36-28(22)31/h5-14,21,26H,1-4H3,(H,29,30). The fourth-order valence-corrected chi connectivity index (χ4v) is 4.66. The van der Waals surface area contributed by atoms with Gasteiger partial charge in [0, 0.05) is 11.3 Å². The van der Waals surface area contributed by atoms with Crippen molar-refractivity contribution in [1.29, 1.82) is 0 Å². The van der Waals surface area contributed by atoms with Crippen molar-refractivity contribution >= 4 is 22.6 Å². The molecule has 0 aliphatic carbocycles. The molecule has 0 fully saturated rings. The van der Waals surface area contributed by atoms with Gasteiger partial charge >= 0.3 is 5.63 Å². The highest BCUT2D eigenvalue weighted by atomic mass is 16.5. The number of fused-ring (bicyclic) bond motifs is 3. The number of hydrogen-bond acceptors (Lipinski definition) is 8. The molecule has 1 aliphatic rings. The summed E-state index contributed by atoms with van der Waals surface area (Å²) in [6, 6.07) is 17.3. The van der Waals surface area contributed by atoms with Gasteiger partial charge in [-0.25, -0.2) is 4.79 Å². The first-order chi connectivity index (χ1) is 18.0. The zero-order valence-corrected chi connectivity index (χ0v) is 20.7. The molecule has 2 atom stereocenters. The number of rotatable bonds is 7. The van der Waals surface area contributed by atoms with Gasteiger partial charge in [0.15, 0.2) is 17.6 Å². The lowest BCUT2D eigenvalue weighted by Crippen LogP contribution is -2.35. The van der Waals surface area contributed by atoms with Crippen LogP contribution in [0.25, 0.3) is 11.0 Å². The lowest BCUT2D eigenvalue weighted by molar-refractivity contribution is -0.122. The van der Waals surface area contributed by atoms with E-state index >= 15 is 0 Å². The molecule has 4 aromatic rings. The quantitative estimate of drug-likeness (QED) is 0.371. The van der Waals surface area contributed by atoms with Crippen LogP contribution in [-0.2, 0) is 4.79 Å². The largest absolute Gasteiger partial charge is 0.497 e. The second kappa shape index (κ2) is 9.77. The second-order valence-electron chi connectivity index (χ2n) is 8.29. The number of nitrogens with one attached hydrogen (secondary N) is 1. The summed E-state index contributed by atoms with van der Waals surface area (Å²) in [6.45, 7) is 0. The summed E-state index contributed by atoms with van der Waals surface area (Å²) in [6.07, 6.45) is -1.11. The number of ether oxygens (including phenoxy) is 5. The van der Waals surface area contributed by atoms with Crippen molar-refractivity contribution in [3.05, 3.63) is 82.2 Å². The Bertz CT molecular complexity index is 1530. The molecule has 0 radical (unpaired) electrons. The number of amides is 1. The van der Waals surface area contributed by atoms with Crippen LogP contribution in [-0.4, -0.2) is 40.5 Å². The Labute approximate surface area is 212 Å². The molecule has 3 aromatic carbocycles. The van der Waals surface area contributed by atoms with E-state index in [1.807, 2.05) is 6.07 Å². The summed E-state index contributed by atoms with van der Waals surface area (Å²) in [4.78, 5) is 26.9. The summed E-state index contributed by atoms with van der Waals surface area (Å²) in [7, 11) is 6.04. The maximum Gasteiger partial charge on any atom is 0.344 e. The van der Waals surface area contributed by atoms with Crippen LogP contribution in [0.5, 0.6) is 28.7 Å². The minimum Gasteiger partial charge on any atom is -0.497 e. The normalized spacial score (nSPS) is 16.0. The molecule has 2 heterocycles. The van der Waals surface area contributed by atoms with Crippen molar-refractivity contribution in [3.63, 3.8) is 0 Å².